The number of aromatic nitrogens is 3. The van der Waals surface area contributed by atoms with Gasteiger partial charge in [-0.05, 0) is 30.9 Å². The van der Waals surface area contributed by atoms with Crippen LogP contribution in [0.1, 0.15) is 42.6 Å². The Kier molecular flexibility index (Phi) is 5.02. The molecule has 122 valence electrons. The first kappa shape index (κ1) is 15.7. The molecule has 6 nitrogen and oxygen atoms in total. The van der Waals surface area contributed by atoms with Gasteiger partial charge in [-0.2, -0.15) is 0 Å². The summed E-state index contributed by atoms with van der Waals surface area (Å²) in [5, 5.41) is 11.1. The van der Waals surface area contributed by atoms with Crippen molar-refractivity contribution in [2.45, 2.75) is 38.1 Å². The molecule has 1 heterocycles. The minimum atomic E-state index is -0.201. The van der Waals surface area contributed by atoms with Crippen molar-refractivity contribution in [2.75, 3.05) is 6.54 Å². The van der Waals surface area contributed by atoms with Crippen LogP contribution in [0, 0.1) is 5.92 Å². The summed E-state index contributed by atoms with van der Waals surface area (Å²) in [6.07, 6.45) is 7.66. The molecule has 1 fully saturated rings. The molecule has 0 spiro atoms. The molecule has 23 heavy (non-hydrogen) atoms. The third kappa shape index (κ3) is 3.76. The molecule has 0 radical (unpaired) electrons. The maximum atomic E-state index is 12.4. The Morgan fingerprint density at radius 1 is 1.26 bits per heavy atom. The van der Waals surface area contributed by atoms with Crippen LogP contribution in [-0.2, 0) is 0 Å². The van der Waals surface area contributed by atoms with E-state index in [1.165, 1.54) is 19.3 Å². The van der Waals surface area contributed by atoms with E-state index in [0.29, 0.717) is 18.2 Å². The molecule has 0 aliphatic heterocycles. The molecular formula is C17H23N5O. The number of nitrogens with two attached hydrogens (primary N) is 1. The van der Waals surface area contributed by atoms with Crippen LogP contribution < -0.4 is 11.1 Å². The number of para-hydroxylation sites is 1. The van der Waals surface area contributed by atoms with Crippen molar-refractivity contribution in [3.05, 3.63) is 42.2 Å². The highest BCUT2D eigenvalue weighted by Crippen LogP contribution is 2.26. The number of nitrogens with zero attached hydrogens (tertiary/aromatic N) is 3. The Hall–Kier alpha value is -2.21. The van der Waals surface area contributed by atoms with E-state index in [9.17, 15) is 4.79 Å². The highest BCUT2D eigenvalue weighted by atomic mass is 16.2. The molecule has 1 aliphatic carbocycles. The molecule has 3 N–H and O–H groups in total. The van der Waals surface area contributed by atoms with E-state index < -0.39 is 0 Å². The zero-order valence-corrected chi connectivity index (χ0v) is 13.2. The third-order valence-corrected chi connectivity index (χ3v) is 4.54. The lowest BCUT2D eigenvalue weighted by atomic mass is 9.84. The average Bonchev–Trinajstić information content (AvgIpc) is 3.11. The van der Waals surface area contributed by atoms with Gasteiger partial charge < -0.3 is 11.1 Å². The molecule has 1 atom stereocenters. The monoisotopic (exact) mass is 313 g/mol. The van der Waals surface area contributed by atoms with E-state index >= 15 is 0 Å². The summed E-state index contributed by atoms with van der Waals surface area (Å²) in [6, 6.07) is 9.63. The normalized spacial score (nSPS) is 16.9. The minimum absolute atomic E-state index is 0.0182. The minimum Gasteiger partial charge on any atom is -0.346 e. The number of hydrogen-bond acceptors (Lipinski definition) is 4. The van der Waals surface area contributed by atoms with E-state index in [0.717, 1.165) is 18.5 Å². The number of carbonyl (C=O) groups excluding carboxylic acids is 1. The van der Waals surface area contributed by atoms with Gasteiger partial charge in [-0.15, -0.1) is 5.10 Å². The molecule has 1 aromatic carbocycles. The zero-order chi connectivity index (χ0) is 16.1. The molecule has 1 unspecified atom stereocenters. The highest BCUT2D eigenvalue weighted by Gasteiger charge is 2.25. The van der Waals surface area contributed by atoms with Crippen molar-refractivity contribution in [3.8, 4) is 5.69 Å². The van der Waals surface area contributed by atoms with E-state index in [2.05, 4.69) is 15.6 Å². The lowest BCUT2D eigenvalue weighted by Gasteiger charge is -2.29. The first-order valence-electron chi connectivity index (χ1n) is 8.26. The third-order valence-electron chi connectivity index (χ3n) is 4.54. The molecule has 1 aliphatic rings. The Morgan fingerprint density at radius 3 is 2.70 bits per heavy atom. The topological polar surface area (TPSA) is 85.8 Å². The number of nitrogens with one attached hydrogen (secondary N) is 1. The van der Waals surface area contributed by atoms with Gasteiger partial charge in [0, 0.05) is 12.6 Å². The second kappa shape index (κ2) is 7.37. The maximum absolute atomic E-state index is 12.4. The van der Waals surface area contributed by atoms with E-state index in [1.54, 1.807) is 10.9 Å². The molecule has 6 heteroatoms. The van der Waals surface area contributed by atoms with Crippen LogP contribution in [0.25, 0.3) is 5.69 Å². The summed E-state index contributed by atoms with van der Waals surface area (Å²) in [6.45, 7) is 0.462. The fraction of sp³-hybridized carbons (Fsp3) is 0.471. The molecular weight excluding hydrogens is 290 g/mol. The predicted octanol–water partition coefficient (Wildman–Crippen LogP) is 1.90. The van der Waals surface area contributed by atoms with Gasteiger partial charge in [0.1, 0.15) is 0 Å². The average molecular weight is 313 g/mol. The van der Waals surface area contributed by atoms with Gasteiger partial charge in [-0.1, -0.05) is 42.7 Å². The Bertz CT molecular complexity index is 633. The maximum Gasteiger partial charge on any atom is 0.273 e. The first-order valence-corrected chi connectivity index (χ1v) is 8.26. The van der Waals surface area contributed by atoms with Crippen molar-refractivity contribution in [1.29, 1.82) is 0 Å². The second-order valence-corrected chi connectivity index (χ2v) is 6.10. The van der Waals surface area contributed by atoms with Crippen LogP contribution in [0.4, 0.5) is 0 Å². The van der Waals surface area contributed by atoms with Crippen LogP contribution in [0.2, 0.25) is 0 Å². The summed E-state index contributed by atoms with van der Waals surface area (Å²) in [5.41, 5.74) is 7.07. The highest BCUT2D eigenvalue weighted by molar-refractivity contribution is 5.92. The molecule has 1 amide bonds. The van der Waals surface area contributed by atoms with Gasteiger partial charge in [0.2, 0.25) is 0 Å². The van der Waals surface area contributed by atoms with E-state index in [4.69, 9.17) is 5.73 Å². The molecule has 1 saturated carbocycles. The van der Waals surface area contributed by atoms with Crippen LogP contribution in [0.3, 0.4) is 0 Å². The van der Waals surface area contributed by atoms with Crippen molar-refractivity contribution in [1.82, 2.24) is 20.3 Å². The molecule has 2 aromatic rings. The molecule has 0 saturated heterocycles. The molecule has 0 bridgehead atoms. The Labute approximate surface area is 136 Å². The van der Waals surface area contributed by atoms with Crippen LogP contribution in [-0.4, -0.2) is 33.5 Å². The summed E-state index contributed by atoms with van der Waals surface area (Å²) < 4.78 is 1.60. The largest absolute Gasteiger partial charge is 0.346 e. The standard InChI is InChI=1S/C17H23N5O/c18-11-15(13-7-3-1-4-8-13)19-17(23)16-12-22(21-20-16)14-9-5-2-6-10-14/h2,5-6,9-10,12-13,15H,1,3-4,7-8,11,18H2,(H,19,23). The lowest BCUT2D eigenvalue weighted by molar-refractivity contribution is 0.0910. The second-order valence-electron chi connectivity index (χ2n) is 6.10. The SMILES string of the molecule is NCC(NC(=O)c1cn(-c2ccccc2)nn1)C1CCCCC1. The van der Waals surface area contributed by atoms with E-state index in [1.807, 2.05) is 30.3 Å². The van der Waals surface area contributed by atoms with Crippen LogP contribution in [0.15, 0.2) is 36.5 Å². The van der Waals surface area contributed by atoms with Gasteiger partial charge in [-0.25, -0.2) is 4.68 Å². The number of carbonyl (C=O) groups is 1. The van der Waals surface area contributed by atoms with Crippen molar-refractivity contribution >= 4 is 5.91 Å². The van der Waals surface area contributed by atoms with Crippen LogP contribution >= 0.6 is 0 Å². The Morgan fingerprint density at radius 2 is 2.00 bits per heavy atom. The fourth-order valence-corrected chi connectivity index (χ4v) is 3.22. The summed E-state index contributed by atoms with van der Waals surface area (Å²) in [5.74, 6) is 0.273. The fourth-order valence-electron chi connectivity index (χ4n) is 3.22. The first-order chi connectivity index (χ1) is 11.3. The van der Waals surface area contributed by atoms with Gasteiger partial charge in [-0.3, -0.25) is 4.79 Å². The predicted molar refractivity (Wildman–Crippen MR) is 88.2 cm³/mol. The molecule has 3 rings (SSSR count). The summed E-state index contributed by atoms with van der Waals surface area (Å²) >= 11 is 0. The van der Waals surface area contributed by atoms with Crippen molar-refractivity contribution in [2.24, 2.45) is 11.7 Å². The van der Waals surface area contributed by atoms with Gasteiger partial charge in [0.25, 0.3) is 5.91 Å². The van der Waals surface area contributed by atoms with Crippen LogP contribution in [0.5, 0.6) is 0 Å². The van der Waals surface area contributed by atoms with Gasteiger partial charge in [0.05, 0.1) is 11.9 Å². The lowest BCUT2D eigenvalue weighted by Crippen LogP contribution is -2.46. The van der Waals surface area contributed by atoms with Gasteiger partial charge in [0.15, 0.2) is 5.69 Å². The van der Waals surface area contributed by atoms with Crippen molar-refractivity contribution in [3.63, 3.8) is 0 Å². The number of rotatable bonds is 5. The van der Waals surface area contributed by atoms with Gasteiger partial charge >= 0.3 is 0 Å². The number of amides is 1. The molecule has 1 aromatic heterocycles. The Balaban J connectivity index is 1.67. The zero-order valence-electron chi connectivity index (χ0n) is 13.2. The smallest absolute Gasteiger partial charge is 0.273 e. The quantitative estimate of drug-likeness (QED) is 0.883. The van der Waals surface area contributed by atoms with E-state index in [-0.39, 0.29) is 11.9 Å². The number of hydrogen-bond donors (Lipinski definition) is 2. The van der Waals surface area contributed by atoms with Crippen molar-refractivity contribution < 1.29 is 4.79 Å². The number of benzene rings is 1. The summed E-state index contributed by atoms with van der Waals surface area (Å²) in [4.78, 5) is 12.4. The summed E-state index contributed by atoms with van der Waals surface area (Å²) in [7, 11) is 0.